The van der Waals surface area contributed by atoms with Crippen LogP contribution in [-0.4, -0.2) is 15.1 Å². The van der Waals surface area contributed by atoms with Crippen molar-refractivity contribution in [3.8, 4) is 0 Å². The molecule has 5 heteroatoms. The lowest BCUT2D eigenvalue weighted by atomic mass is 10.3. The van der Waals surface area contributed by atoms with Crippen LogP contribution >= 0.6 is 0 Å². The molecule has 18 heavy (non-hydrogen) atoms. The van der Waals surface area contributed by atoms with Crippen LogP contribution in [0.25, 0.3) is 0 Å². The summed E-state index contributed by atoms with van der Waals surface area (Å²) in [4.78, 5) is 7.39. The zero-order chi connectivity index (χ0) is 13.4. The molecule has 0 radical (unpaired) electrons. The number of aryl methyl sites for hydroxylation is 1. The van der Waals surface area contributed by atoms with Gasteiger partial charge in [-0.05, 0) is 30.7 Å². The molecule has 0 spiro atoms. The minimum absolute atomic E-state index is 0.139. The molecule has 0 aliphatic heterocycles. The van der Waals surface area contributed by atoms with Gasteiger partial charge >= 0.3 is 0 Å². The Bertz CT molecular complexity index is 412. The molecule has 3 nitrogen and oxygen atoms in total. The summed E-state index contributed by atoms with van der Waals surface area (Å²) in [6, 6.07) is 5.81. The van der Waals surface area contributed by atoms with Crippen molar-refractivity contribution in [3.05, 3.63) is 59.7 Å². The van der Waals surface area contributed by atoms with Gasteiger partial charge in [0.1, 0.15) is 11.6 Å². The summed E-state index contributed by atoms with van der Waals surface area (Å²) < 4.78 is 24.2. The highest BCUT2D eigenvalue weighted by molar-refractivity contribution is 5.04. The number of aliphatic hydroxyl groups excluding tert-OH is 1. The molecule has 0 saturated carbocycles. The zero-order valence-corrected chi connectivity index (χ0v) is 9.98. The minimum Gasteiger partial charge on any atom is -0.390 e. The highest BCUT2D eigenvalue weighted by atomic mass is 19.1. The second-order valence-electron chi connectivity index (χ2n) is 3.45. The lowest BCUT2D eigenvalue weighted by molar-refractivity contribution is 0.276. The van der Waals surface area contributed by atoms with E-state index in [2.05, 4.69) is 9.97 Å². The normalized spacial score (nSPS) is 9.56. The van der Waals surface area contributed by atoms with E-state index in [-0.39, 0.29) is 18.2 Å². The molecule has 0 aromatic carbocycles. The van der Waals surface area contributed by atoms with Crippen LogP contribution in [0.4, 0.5) is 8.78 Å². The summed E-state index contributed by atoms with van der Waals surface area (Å²) in [5.41, 5.74) is 1.41. The summed E-state index contributed by atoms with van der Waals surface area (Å²) in [6.07, 6.45) is 3.17. The molecule has 0 aliphatic rings. The Balaban J connectivity index is 0.000000180. The van der Waals surface area contributed by atoms with Gasteiger partial charge in [0.25, 0.3) is 0 Å². The van der Waals surface area contributed by atoms with E-state index in [1.807, 2.05) is 6.92 Å². The van der Waals surface area contributed by atoms with E-state index in [1.54, 1.807) is 6.07 Å². The summed E-state index contributed by atoms with van der Waals surface area (Å²) in [5.74, 6) is -0.653. The molecule has 96 valence electrons. The van der Waals surface area contributed by atoms with E-state index in [4.69, 9.17) is 5.11 Å². The number of hydrogen-bond acceptors (Lipinski definition) is 3. The lowest BCUT2D eigenvalue weighted by Gasteiger charge is -1.91. The Morgan fingerprint density at radius 3 is 1.78 bits per heavy atom. The van der Waals surface area contributed by atoms with Crippen LogP contribution in [0.2, 0.25) is 0 Å². The first-order chi connectivity index (χ1) is 8.65. The first-order valence-corrected chi connectivity index (χ1v) is 5.47. The highest BCUT2D eigenvalue weighted by Crippen LogP contribution is 1.97. The van der Waals surface area contributed by atoms with Gasteiger partial charge in [-0.25, -0.2) is 8.78 Å². The van der Waals surface area contributed by atoms with E-state index < -0.39 is 0 Å². The van der Waals surface area contributed by atoms with Crippen molar-refractivity contribution in [1.82, 2.24) is 9.97 Å². The Kier molecular flexibility index (Phi) is 5.87. The van der Waals surface area contributed by atoms with Crippen LogP contribution in [0.5, 0.6) is 0 Å². The Morgan fingerprint density at radius 1 is 0.944 bits per heavy atom. The summed E-state index contributed by atoms with van der Waals surface area (Å²) in [5, 5.41) is 8.44. The fraction of sp³-hybridized carbons (Fsp3) is 0.231. The molecule has 2 heterocycles. The van der Waals surface area contributed by atoms with Crippen molar-refractivity contribution < 1.29 is 13.9 Å². The minimum atomic E-state index is -0.382. The van der Waals surface area contributed by atoms with Gasteiger partial charge in [0.15, 0.2) is 0 Å². The lowest BCUT2D eigenvalue weighted by Crippen LogP contribution is -1.87. The maximum atomic E-state index is 12.2. The monoisotopic (exact) mass is 252 g/mol. The fourth-order valence-corrected chi connectivity index (χ4v) is 1.12. The van der Waals surface area contributed by atoms with E-state index in [9.17, 15) is 8.78 Å². The van der Waals surface area contributed by atoms with Gasteiger partial charge in [-0.2, -0.15) is 0 Å². The molecule has 0 fully saturated rings. The number of rotatable bonds is 2. The van der Waals surface area contributed by atoms with Crippen LogP contribution in [0.1, 0.15) is 18.3 Å². The highest BCUT2D eigenvalue weighted by Gasteiger charge is 1.90. The third-order valence-corrected chi connectivity index (χ3v) is 2.10. The summed E-state index contributed by atoms with van der Waals surface area (Å²) in [7, 11) is 0. The van der Waals surface area contributed by atoms with E-state index >= 15 is 0 Å². The van der Waals surface area contributed by atoms with E-state index in [1.165, 1.54) is 24.4 Å². The van der Waals surface area contributed by atoms with E-state index in [0.29, 0.717) is 5.69 Å². The molecule has 0 saturated heterocycles. The smallest absolute Gasteiger partial charge is 0.141 e. The van der Waals surface area contributed by atoms with Crippen molar-refractivity contribution in [2.24, 2.45) is 0 Å². The number of aliphatic hydroxyl groups is 1. The standard InChI is InChI=1S/C7H8FN.C6H6FNO/c1-2-7-4-3-6(8)5-9-7;7-5-1-2-6(4-9)8-3-5/h3-5H,2H2,1H3;1-3,9H,4H2. The van der Waals surface area contributed by atoms with Crippen molar-refractivity contribution in [1.29, 1.82) is 0 Å². The zero-order valence-electron chi connectivity index (χ0n) is 9.98. The van der Waals surface area contributed by atoms with E-state index in [0.717, 1.165) is 18.3 Å². The number of nitrogens with zero attached hydrogens (tertiary/aromatic N) is 2. The first kappa shape index (κ1) is 14.2. The van der Waals surface area contributed by atoms with Gasteiger partial charge in [-0.15, -0.1) is 0 Å². The first-order valence-electron chi connectivity index (χ1n) is 5.47. The Hall–Kier alpha value is -1.88. The van der Waals surface area contributed by atoms with Crippen molar-refractivity contribution in [2.75, 3.05) is 0 Å². The Morgan fingerprint density at radius 2 is 1.44 bits per heavy atom. The molecule has 0 unspecified atom stereocenters. The van der Waals surface area contributed by atoms with Gasteiger partial charge in [-0.1, -0.05) is 6.92 Å². The molecule has 2 rings (SSSR count). The molecule has 2 aromatic rings. The molecule has 0 aliphatic carbocycles. The second kappa shape index (κ2) is 7.45. The average molecular weight is 252 g/mol. The molecular formula is C13H14F2N2O. The molecular weight excluding hydrogens is 238 g/mol. The Labute approximate surface area is 104 Å². The van der Waals surface area contributed by atoms with Gasteiger partial charge in [0, 0.05) is 5.69 Å². The maximum Gasteiger partial charge on any atom is 0.141 e. The third kappa shape index (κ3) is 4.97. The predicted octanol–water partition coefficient (Wildman–Crippen LogP) is 2.50. The van der Waals surface area contributed by atoms with Crippen LogP contribution in [-0.2, 0) is 13.0 Å². The van der Waals surface area contributed by atoms with Crippen LogP contribution < -0.4 is 0 Å². The molecule has 0 atom stereocenters. The number of hydrogen-bond donors (Lipinski definition) is 1. The largest absolute Gasteiger partial charge is 0.390 e. The van der Waals surface area contributed by atoms with Crippen LogP contribution in [0, 0.1) is 11.6 Å². The van der Waals surface area contributed by atoms with Gasteiger partial charge in [0.05, 0.1) is 24.7 Å². The summed E-state index contributed by atoms with van der Waals surface area (Å²) >= 11 is 0. The van der Waals surface area contributed by atoms with Crippen molar-refractivity contribution >= 4 is 0 Å². The molecule has 0 bridgehead atoms. The predicted molar refractivity (Wildman–Crippen MR) is 63.7 cm³/mol. The van der Waals surface area contributed by atoms with Crippen molar-refractivity contribution in [2.45, 2.75) is 20.0 Å². The van der Waals surface area contributed by atoms with Crippen LogP contribution in [0.3, 0.4) is 0 Å². The van der Waals surface area contributed by atoms with Gasteiger partial charge in [-0.3, -0.25) is 9.97 Å². The summed E-state index contributed by atoms with van der Waals surface area (Å²) in [6.45, 7) is 1.85. The molecule has 0 amide bonds. The second-order valence-corrected chi connectivity index (χ2v) is 3.45. The molecule has 1 N–H and O–H groups in total. The number of halogens is 2. The number of pyridine rings is 2. The van der Waals surface area contributed by atoms with Crippen molar-refractivity contribution in [3.63, 3.8) is 0 Å². The number of aromatic nitrogens is 2. The SMILES string of the molecule is CCc1ccc(F)cn1.OCc1ccc(F)cn1. The maximum absolute atomic E-state index is 12.2. The molecule has 2 aromatic heterocycles. The van der Waals surface area contributed by atoms with Gasteiger partial charge in [0.2, 0.25) is 0 Å². The topological polar surface area (TPSA) is 46.0 Å². The quantitative estimate of drug-likeness (QED) is 0.893. The van der Waals surface area contributed by atoms with Gasteiger partial charge < -0.3 is 5.11 Å². The fourth-order valence-electron chi connectivity index (χ4n) is 1.12. The van der Waals surface area contributed by atoms with Crippen LogP contribution in [0.15, 0.2) is 36.7 Å². The average Bonchev–Trinajstić information content (AvgIpc) is 2.41. The third-order valence-electron chi connectivity index (χ3n) is 2.10.